The van der Waals surface area contributed by atoms with Gasteiger partial charge in [0.25, 0.3) is 0 Å². The molecule has 1 saturated heterocycles. The van der Waals surface area contributed by atoms with E-state index in [2.05, 4.69) is 4.99 Å². The average molecular weight is 335 g/mol. The monoisotopic (exact) mass is 335 g/mol. The van der Waals surface area contributed by atoms with Crippen molar-refractivity contribution < 1.29 is 24.2 Å². The maximum atomic E-state index is 11.8. The van der Waals surface area contributed by atoms with Gasteiger partial charge in [0.15, 0.2) is 5.17 Å². The standard InChI is InChI=1S/C15H16N2O5S/c1-3-22-14(21)9-4-6-10(7-5-9)16-15-17(2)12(18)8-11(23-15)13(19)20/h4-7,11H,3,8H2,1-2H3,(H,19,20)/p-1/t11-/m1/s1. The molecule has 0 bridgehead atoms. The fourth-order valence-corrected chi connectivity index (χ4v) is 2.87. The summed E-state index contributed by atoms with van der Waals surface area (Å²) in [5.74, 6) is -2.05. The number of amides is 1. The van der Waals surface area contributed by atoms with Gasteiger partial charge in [-0.1, -0.05) is 11.8 Å². The number of carboxylic acid groups (broad SMARTS) is 1. The lowest BCUT2D eigenvalue weighted by molar-refractivity contribution is -0.304. The Kier molecular flexibility index (Phi) is 5.38. The molecule has 122 valence electrons. The second kappa shape index (κ2) is 7.28. The molecule has 1 fully saturated rings. The first kappa shape index (κ1) is 17.0. The lowest BCUT2D eigenvalue weighted by atomic mass is 10.2. The van der Waals surface area contributed by atoms with Crippen LogP contribution in [0.5, 0.6) is 0 Å². The summed E-state index contributed by atoms with van der Waals surface area (Å²) in [7, 11) is 1.53. The number of rotatable bonds is 4. The van der Waals surface area contributed by atoms with Crippen molar-refractivity contribution in [3.63, 3.8) is 0 Å². The summed E-state index contributed by atoms with van der Waals surface area (Å²) in [5.41, 5.74) is 0.892. The molecule has 7 nitrogen and oxygen atoms in total. The number of thioether (sulfide) groups is 1. The molecular weight excluding hydrogens is 320 g/mol. The Labute approximate surface area is 137 Å². The lowest BCUT2D eigenvalue weighted by Gasteiger charge is -2.29. The predicted molar refractivity (Wildman–Crippen MR) is 83.3 cm³/mol. The molecule has 23 heavy (non-hydrogen) atoms. The number of carbonyl (C=O) groups excluding carboxylic acids is 3. The smallest absolute Gasteiger partial charge is 0.338 e. The van der Waals surface area contributed by atoms with Gasteiger partial charge in [0.1, 0.15) is 0 Å². The molecule has 8 heteroatoms. The van der Waals surface area contributed by atoms with Gasteiger partial charge in [-0.3, -0.25) is 9.69 Å². The Morgan fingerprint density at radius 2 is 2.04 bits per heavy atom. The van der Waals surface area contributed by atoms with Crippen molar-refractivity contribution in [1.82, 2.24) is 4.90 Å². The van der Waals surface area contributed by atoms with E-state index in [1.165, 1.54) is 11.9 Å². The Morgan fingerprint density at radius 3 is 2.61 bits per heavy atom. The summed E-state index contributed by atoms with van der Waals surface area (Å²) >= 11 is 0.966. The molecule has 0 spiro atoms. The number of carboxylic acids is 1. The predicted octanol–water partition coefficient (Wildman–Crippen LogP) is 0.565. The maximum absolute atomic E-state index is 11.8. The summed E-state index contributed by atoms with van der Waals surface area (Å²) in [6.45, 7) is 2.01. The van der Waals surface area contributed by atoms with Crippen molar-refractivity contribution in [3.05, 3.63) is 29.8 Å². The molecule has 1 aliphatic heterocycles. The maximum Gasteiger partial charge on any atom is 0.338 e. The normalized spacial score (nSPS) is 19.7. The largest absolute Gasteiger partial charge is 0.549 e. The van der Waals surface area contributed by atoms with E-state index in [-0.39, 0.29) is 24.1 Å². The number of esters is 1. The molecule has 0 N–H and O–H groups in total. The number of hydrogen-bond acceptors (Lipinski definition) is 7. The van der Waals surface area contributed by atoms with Crippen molar-refractivity contribution in [1.29, 1.82) is 0 Å². The third kappa shape index (κ3) is 4.10. The van der Waals surface area contributed by atoms with E-state index in [9.17, 15) is 19.5 Å². The van der Waals surface area contributed by atoms with Gasteiger partial charge in [0, 0.05) is 13.5 Å². The summed E-state index contributed by atoms with van der Waals surface area (Å²) in [5, 5.41) is 10.3. The molecular formula is C15H15N2O5S-. The molecule has 0 aromatic heterocycles. The summed E-state index contributed by atoms with van der Waals surface area (Å²) in [4.78, 5) is 39.9. The van der Waals surface area contributed by atoms with Crippen LogP contribution in [0.3, 0.4) is 0 Å². The minimum absolute atomic E-state index is 0.121. The second-order valence-electron chi connectivity index (χ2n) is 4.74. The number of amidine groups is 1. The SMILES string of the molecule is CCOC(=O)c1ccc(N=C2S[C@@H](C(=O)[O-])CC(=O)N2C)cc1. The summed E-state index contributed by atoms with van der Waals surface area (Å²) in [6, 6.07) is 6.31. The minimum Gasteiger partial charge on any atom is -0.549 e. The van der Waals surface area contributed by atoms with E-state index >= 15 is 0 Å². The van der Waals surface area contributed by atoms with Gasteiger partial charge in [0.2, 0.25) is 5.91 Å². The highest BCUT2D eigenvalue weighted by atomic mass is 32.2. The zero-order valence-corrected chi connectivity index (χ0v) is 13.5. The molecule has 0 radical (unpaired) electrons. The number of aliphatic carboxylic acids is 1. The molecule has 1 aromatic carbocycles. The van der Waals surface area contributed by atoms with E-state index in [4.69, 9.17) is 4.74 Å². The summed E-state index contributed by atoms with van der Waals surface area (Å²) < 4.78 is 4.89. The van der Waals surface area contributed by atoms with Gasteiger partial charge >= 0.3 is 5.97 Å². The molecule has 1 heterocycles. The van der Waals surface area contributed by atoms with Crippen molar-refractivity contribution in [2.45, 2.75) is 18.6 Å². The van der Waals surface area contributed by atoms with Crippen molar-refractivity contribution in [3.8, 4) is 0 Å². The summed E-state index contributed by atoms with van der Waals surface area (Å²) in [6.07, 6.45) is -0.121. The van der Waals surface area contributed by atoms with Gasteiger partial charge in [-0.25, -0.2) is 9.79 Å². The van der Waals surface area contributed by atoms with E-state index in [1.807, 2.05) is 0 Å². The van der Waals surface area contributed by atoms with Crippen molar-refractivity contribution in [2.75, 3.05) is 13.7 Å². The highest BCUT2D eigenvalue weighted by Crippen LogP contribution is 2.27. The van der Waals surface area contributed by atoms with Gasteiger partial charge < -0.3 is 14.6 Å². The number of hydrogen-bond donors (Lipinski definition) is 0. The minimum atomic E-state index is -1.29. The van der Waals surface area contributed by atoms with Crippen LogP contribution in [0.15, 0.2) is 29.3 Å². The highest BCUT2D eigenvalue weighted by molar-refractivity contribution is 8.15. The topological polar surface area (TPSA) is 99.1 Å². The Bertz CT molecular complexity index is 656. The highest BCUT2D eigenvalue weighted by Gasteiger charge is 2.30. The van der Waals surface area contributed by atoms with Gasteiger partial charge in [-0.05, 0) is 31.2 Å². The zero-order chi connectivity index (χ0) is 17.0. The van der Waals surface area contributed by atoms with Crippen LogP contribution in [0.1, 0.15) is 23.7 Å². The lowest BCUT2D eigenvalue weighted by Crippen LogP contribution is -2.45. The van der Waals surface area contributed by atoms with Crippen LogP contribution in [0.4, 0.5) is 5.69 Å². The van der Waals surface area contributed by atoms with Crippen molar-refractivity contribution >= 4 is 40.5 Å². The molecule has 0 saturated carbocycles. The van der Waals surface area contributed by atoms with Crippen LogP contribution in [-0.4, -0.2) is 46.8 Å². The van der Waals surface area contributed by atoms with E-state index in [0.29, 0.717) is 11.3 Å². The molecule has 1 aromatic rings. The Hall–Kier alpha value is -2.35. The quantitative estimate of drug-likeness (QED) is 0.746. The molecule has 0 unspecified atom stereocenters. The van der Waals surface area contributed by atoms with Crippen LogP contribution in [-0.2, 0) is 14.3 Å². The third-order valence-electron chi connectivity index (χ3n) is 3.13. The fourth-order valence-electron chi connectivity index (χ4n) is 1.88. The first-order valence-corrected chi connectivity index (χ1v) is 7.80. The number of nitrogens with zero attached hydrogens (tertiary/aromatic N) is 2. The number of benzene rings is 1. The molecule has 2 rings (SSSR count). The van der Waals surface area contributed by atoms with Crippen LogP contribution < -0.4 is 5.11 Å². The van der Waals surface area contributed by atoms with Gasteiger partial charge in [-0.2, -0.15) is 0 Å². The van der Waals surface area contributed by atoms with E-state index in [0.717, 1.165) is 11.8 Å². The third-order valence-corrected chi connectivity index (χ3v) is 4.35. The fraction of sp³-hybridized carbons (Fsp3) is 0.333. The van der Waals surface area contributed by atoms with Gasteiger partial charge in [0.05, 0.1) is 29.1 Å². The molecule has 0 aliphatic carbocycles. The number of carbonyl (C=O) groups is 3. The van der Waals surface area contributed by atoms with Gasteiger partial charge in [-0.15, -0.1) is 0 Å². The van der Waals surface area contributed by atoms with Crippen LogP contribution in [0, 0.1) is 0 Å². The first-order chi connectivity index (χ1) is 10.9. The average Bonchev–Trinajstić information content (AvgIpc) is 2.52. The van der Waals surface area contributed by atoms with Crippen LogP contribution in [0.2, 0.25) is 0 Å². The van der Waals surface area contributed by atoms with E-state index in [1.54, 1.807) is 31.2 Å². The van der Waals surface area contributed by atoms with Crippen molar-refractivity contribution in [2.24, 2.45) is 4.99 Å². The zero-order valence-electron chi connectivity index (χ0n) is 12.6. The molecule has 1 amide bonds. The second-order valence-corrected chi connectivity index (χ2v) is 5.91. The number of aliphatic imine (C=N–C) groups is 1. The molecule has 1 atom stereocenters. The number of ether oxygens (including phenoxy) is 1. The Balaban J connectivity index is 2.20. The first-order valence-electron chi connectivity index (χ1n) is 6.92. The molecule has 1 aliphatic rings. The van der Waals surface area contributed by atoms with E-state index < -0.39 is 17.2 Å². The Morgan fingerprint density at radius 1 is 1.39 bits per heavy atom. The van der Waals surface area contributed by atoms with Crippen LogP contribution >= 0.6 is 11.8 Å². The van der Waals surface area contributed by atoms with Crippen LogP contribution in [0.25, 0.3) is 0 Å².